The van der Waals surface area contributed by atoms with Gasteiger partial charge in [0.15, 0.2) is 0 Å². The van der Waals surface area contributed by atoms with E-state index in [0.29, 0.717) is 0 Å². The molecule has 21 heavy (non-hydrogen) atoms. The highest BCUT2D eigenvalue weighted by atomic mass is 19.1. The van der Waals surface area contributed by atoms with E-state index in [1.807, 2.05) is 0 Å². The van der Waals surface area contributed by atoms with E-state index in [0.717, 1.165) is 6.07 Å². The molecule has 1 atom stereocenters. The molecule has 0 radical (unpaired) electrons. The minimum absolute atomic E-state index is 0.110. The molecule has 0 unspecified atom stereocenters. The predicted octanol–water partition coefficient (Wildman–Crippen LogP) is 1.30. The van der Waals surface area contributed by atoms with Crippen LogP contribution in [0.3, 0.4) is 0 Å². The van der Waals surface area contributed by atoms with E-state index >= 15 is 0 Å². The summed E-state index contributed by atoms with van der Waals surface area (Å²) >= 11 is 0. The zero-order valence-corrected chi connectivity index (χ0v) is 11.5. The number of benzene rings is 1. The molecule has 0 fully saturated rings. The van der Waals surface area contributed by atoms with Crippen LogP contribution >= 0.6 is 0 Å². The van der Waals surface area contributed by atoms with Gasteiger partial charge in [-0.05, 0) is 31.2 Å². The number of ether oxygens (including phenoxy) is 1. The first kappa shape index (κ1) is 14.7. The van der Waals surface area contributed by atoms with Gasteiger partial charge in [0.2, 0.25) is 0 Å². The third-order valence-electron chi connectivity index (χ3n) is 2.86. The minimum atomic E-state index is -0.809. The van der Waals surface area contributed by atoms with Crippen molar-refractivity contribution in [1.82, 2.24) is 15.1 Å². The Morgan fingerprint density at radius 1 is 1.43 bits per heavy atom. The first-order valence-corrected chi connectivity index (χ1v) is 6.21. The van der Waals surface area contributed by atoms with Gasteiger partial charge in [-0.3, -0.25) is 4.79 Å². The summed E-state index contributed by atoms with van der Waals surface area (Å²) in [7, 11) is 1.23. The summed E-state index contributed by atoms with van der Waals surface area (Å²) in [6.07, 6.45) is 3.12. The van der Waals surface area contributed by atoms with Crippen LogP contribution in [-0.2, 0) is 9.53 Å². The van der Waals surface area contributed by atoms with E-state index in [1.54, 1.807) is 12.3 Å². The third-order valence-corrected chi connectivity index (χ3v) is 2.86. The molecule has 0 saturated heterocycles. The Hall–Kier alpha value is -2.70. The van der Waals surface area contributed by atoms with E-state index in [2.05, 4.69) is 15.2 Å². The Bertz CT molecular complexity index is 655. The fourth-order valence-corrected chi connectivity index (χ4v) is 1.76. The Morgan fingerprint density at radius 2 is 2.19 bits per heavy atom. The lowest BCUT2D eigenvalue weighted by molar-refractivity contribution is -0.142. The van der Waals surface area contributed by atoms with Crippen molar-refractivity contribution in [2.24, 2.45) is 0 Å². The van der Waals surface area contributed by atoms with Gasteiger partial charge in [-0.15, -0.1) is 0 Å². The van der Waals surface area contributed by atoms with Gasteiger partial charge >= 0.3 is 5.97 Å². The maximum absolute atomic E-state index is 14.0. The lowest BCUT2D eigenvalue weighted by atomic mass is 10.1. The molecule has 2 aromatic rings. The van der Waals surface area contributed by atoms with Gasteiger partial charge in [-0.25, -0.2) is 13.9 Å². The molecule has 7 heteroatoms. The number of aromatic nitrogens is 2. The summed E-state index contributed by atoms with van der Waals surface area (Å²) in [5.41, 5.74) is 0.344. The van der Waals surface area contributed by atoms with Gasteiger partial charge in [0.05, 0.1) is 7.11 Å². The SMILES string of the molecule is COC(=O)[C@@H](C)NC(=O)c1ccc(-n2cccn2)c(F)c1. The van der Waals surface area contributed by atoms with Gasteiger partial charge in [0.25, 0.3) is 5.91 Å². The molecule has 1 aromatic carbocycles. The Morgan fingerprint density at radius 3 is 2.76 bits per heavy atom. The van der Waals surface area contributed by atoms with E-state index in [9.17, 15) is 14.0 Å². The molecule has 0 aliphatic heterocycles. The lowest BCUT2D eigenvalue weighted by Crippen LogP contribution is -2.39. The molecule has 6 nitrogen and oxygen atoms in total. The van der Waals surface area contributed by atoms with Crippen molar-refractivity contribution in [2.75, 3.05) is 7.11 Å². The Labute approximate surface area is 120 Å². The summed E-state index contributed by atoms with van der Waals surface area (Å²) in [5, 5.41) is 6.35. The van der Waals surface area contributed by atoms with Crippen LogP contribution < -0.4 is 5.32 Å². The molecule has 2 rings (SSSR count). The average molecular weight is 291 g/mol. The zero-order chi connectivity index (χ0) is 15.4. The molecular formula is C14H14FN3O3. The maximum atomic E-state index is 14.0. The number of hydrogen-bond acceptors (Lipinski definition) is 4. The van der Waals surface area contributed by atoms with Crippen molar-refractivity contribution < 1.29 is 18.7 Å². The van der Waals surface area contributed by atoms with Crippen LogP contribution in [0.1, 0.15) is 17.3 Å². The number of amides is 1. The van der Waals surface area contributed by atoms with Gasteiger partial charge < -0.3 is 10.1 Å². The second-order valence-electron chi connectivity index (χ2n) is 4.34. The molecule has 0 bridgehead atoms. The highest BCUT2D eigenvalue weighted by Crippen LogP contribution is 2.14. The minimum Gasteiger partial charge on any atom is -0.467 e. The highest BCUT2D eigenvalue weighted by molar-refractivity contribution is 5.96. The molecule has 1 amide bonds. The smallest absolute Gasteiger partial charge is 0.328 e. The summed E-state index contributed by atoms with van der Waals surface area (Å²) in [4.78, 5) is 23.1. The van der Waals surface area contributed by atoms with Crippen LogP contribution in [0.2, 0.25) is 0 Å². The van der Waals surface area contributed by atoms with Crippen molar-refractivity contribution >= 4 is 11.9 Å². The number of halogens is 1. The first-order chi connectivity index (χ1) is 10.0. The van der Waals surface area contributed by atoms with Gasteiger partial charge in [-0.1, -0.05) is 0 Å². The zero-order valence-electron chi connectivity index (χ0n) is 11.5. The molecular weight excluding hydrogens is 277 g/mol. The lowest BCUT2D eigenvalue weighted by Gasteiger charge is -2.12. The Balaban J connectivity index is 2.16. The Kier molecular flexibility index (Phi) is 4.32. The number of carbonyl (C=O) groups is 2. The van der Waals surface area contributed by atoms with Gasteiger partial charge in [0, 0.05) is 18.0 Å². The van der Waals surface area contributed by atoms with Crippen molar-refractivity contribution in [1.29, 1.82) is 0 Å². The van der Waals surface area contributed by atoms with Crippen molar-refractivity contribution in [3.8, 4) is 5.69 Å². The van der Waals surface area contributed by atoms with Crippen molar-refractivity contribution in [3.63, 3.8) is 0 Å². The van der Waals surface area contributed by atoms with E-state index in [1.165, 1.54) is 37.0 Å². The summed E-state index contributed by atoms with van der Waals surface area (Å²) in [6.45, 7) is 1.48. The molecule has 0 saturated carbocycles. The topological polar surface area (TPSA) is 73.2 Å². The molecule has 1 aromatic heterocycles. The number of carbonyl (C=O) groups excluding carboxylic acids is 2. The van der Waals surface area contributed by atoms with Crippen LogP contribution in [0.5, 0.6) is 0 Å². The summed E-state index contributed by atoms with van der Waals surface area (Å²) in [5.74, 6) is -1.71. The van der Waals surface area contributed by atoms with Crippen LogP contribution in [-0.4, -0.2) is 34.8 Å². The summed E-state index contributed by atoms with van der Waals surface area (Å²) in [6, 6.07) is 4.85. The fourth-order valence-electron chi connectivity index (χ4n) is 1.76. The van der Waals surface area contributed by atoms with Crippen LogP contribution in [0.15, 0.2) is 36.7 Å². The summed E-state index contributed by atoms with van der Waals surface area (Å²) < 4.78 is 19.9. The number of hydrogen-bond donors (Lipinski definition) is 1. The number of nitrogens with zero attached hydrogens (tertiary/aromatic N) is 2. The molecule has 0 aliphatic carbocycles. The molecule has 0 spiro atoms. The van der Waals surface area contributed by atoms with Crippen LogP contribution in [0.4, 0.5) is 4.39 Å². The molecule has 110 valence electrons. The second kappa shape index (κ2) is 6.17. The van der Waals surface area contributed by atoms with Gasteiger partial charge in [0.1, 0.15) is 17.5 Å². The number of methoxy groups -OCH3 is 1. The predicted molar refractivity (Wildman–Crippen MR) is 72.5 cm³/mol. The molecule has 0 aliphatic rings. The van der Waals surface area contributed by atoms with Crippen molar-refractivity contribution in [3.05, 3.63) is 48.0 Å². The maximum Gasteiger partial charge on any atom is 0.328 e. The standard InChI is InChI=1S/C14H14FN3O3/c1-9(14(20)21-2)17-13(19)10-4-5-12(11(15)8-10)18-7-3-6-16-18/h3-9H,1-2H3,(H,17,19)/t9-/m1/s1. The monoisotopic (exact) mass is 291 g/mol. The fraction of sp³-hybridized carbons (Fsp3) is 0.214. The van der Waals surface area contributed by atoms with E-state index in [4.69, 9.17) is 0 Å². The van der Waals surface area contributed by atoms with Gasteiger partial charge in [-0.2, -0.15) is 5.10 Å². The largest absolute Gasteiger partial charge is 0.467 e. The third kappa shape index (κ3) is 3.25. The molecule has 1 heterocycles. The first-order valence-electron chi connectivity index (χ1n) is 6.21. The number of nitrogens with one attached hydrogen (secondary N) is 1. The van der Waals surface area contributed by atoms with Crippen LogP contribution in [0.25, 0.3) is 5.69 Å². The second-order valence-corrected chi connectivity index (χ2v) is 4.34. The number of rotatable bonds is 4. The van der Waals surface area contributed by atoms with Crippen LogP contribution in [0, 0.1) is 5.82 Å². The quantitative estimate of drug-likeness (QED) is 0.862. The average Bonchev–Trinajstić information content (AvgIpc) is 3.00. The van der Waals surface area contributed by atoms with E-state index < -0.39 is 23.7 Å². The van der Waals surface area contributed by atoms with E-state index in [-0.39, 0.29) is 11.3 Å². The molecule has 1 N–H and O–H groups in total. The van der Waals surface area contributed by atoms with Crippen molar-refractivity contribution in [2.45, 2.75) is 13.0 Å². The highest BCUT2D eigenvalue weighted by Gasteiger charge is 2.18. The number of esters is 1. The normalized spacial score (nSPS) is 11.8.